The number of nitrogens with zero attached hydrogens (tertiary/aromatic N) is 2. The van der Waals surface area contributed by atoms with E-state index in [0.29, 0.717) is 0 Å². The predicted molar refractivity (Wildman–Crippen MR) is 116 cm³/mol. The fraction of sp³-hybridized carbons (Fsp3) is 0.0769. The van der Waals surface area contributed by atoms with Crippen LogP contribution < -0.4 is 4.57 Å². The van der Waals surface area contributed by atoms with Crippen LogP contribution in [0.3, 0.4) is 0 Å². The zero-order valence-electron chi connectivity index (χ0n) is 16.1. The molecule has 5 rings (SSSR count). The van der Waals surface area contributed by atoms with Crippen molar-refractivity contribution < 1.29 is 4.57 Å². The summed E-state index contributed by atoms with van der Waals surface area (Å²) in [5.74, 6) is 0. The minimum atomic E-state index is 1.03. The summed E-state index contributed by atoms with van der Waals surface area (Å²) in [6, 6.07) is 30.0. The summed E-state index contributed by atoms with van der Waals surface area (Å²) in [7, 11) is 2.09. The molecule has 0 fully saturated rings. The number of fused-ring (bicyclic) bond motifs is 2. The van der Waals surface area contributed by atoms with Gasteiger partial charge in [0.15, 0.2) is 6.20 Å². The van der Waals surface area contributed by atoms with Crippen molar-refractivity contribution in [3.05, 3.63) is 96.7 Å². The number of aryl methyl sites for hydroxylation is 2. The fourth-order valence-electron chi connectivity index (χ4n) is 3.92. The maximum absolute atomic E-state index is 4.87. The van der Waals surface area contributed by atoms with E-state index in [9.17, 15) is 0 Å². The van der Waals surface area contributed by atoms with Gasteiger partial charge in [-0.3, -0.25) is 0 Å². The van der Waals surface area contributed by atoms with Crippen LogP contribution in [0.15, 0.2) is 91.1 Å². The molecule has 0 radical (unpaired) electrons. The van der Waals surface area contributed by atoms with E-state index >= 15 is 0 Å². The smallest absolute Gasteiger partial charge is 0.212 e. The van der Waals surface area contributed by atoms with Crippen LogP contribution in [0, 0.1) is 6.92 Å². The van der Waals surface area contributed by atoms with Crippen LogP contribution in [-0.4, -0.2) is 4.98 Å². The van der Waals surface area contributed by atoms with Gasteiger partial charge in [0.25, 0.3) is 0 Å². The Labute approximate surface area is 164 Å². The van der Waals surface area contributed by atoms with Crippen LogP contribution >= 0.6 is 0 Å². The molecular formula is C26H21N2+. The monoisotopic (exact) mass is 361 g/mol. The van der Waals surface area contributed by atoms with Gasteiger partial charge in [0.05, 0.1) is 11.0 Å². The highest BCUT2D eigenvalue weighted by atomic mass is 14.9. The third-order valence-electron chi connectivity index (χ3n) is 5.44. The molecule has 0 aliphatic carbocycles. The molecule has 0 bridgehead atoms. The highest BCUT2D eigenvalue weighted by molar-refractivity contribution is 6.01. The van der Waals surface area contributed by atoms with E-state index in [2.05, 4.69) is 104 Å². The van der Waals surface area contributed by atoms with E-state index in [-0.39, 0.29) is 0 Å². The van der Waals surface area contributed by atoms with Gasteiger partial charge in [0, 0.05) is 28.5 Å². The van der Waals surface area contributed by atoms with Gasteiger partial charge >= 0.3 is 0 Å². The number of hydrogen-bond acceptors (Lipinski definition) is 1. The van der Waals surface area contributed by atoms with E-state index in [1.54, 1.807) is 0 Å². The Morgan fingerprint density at radius 3 is 2.43 bits per heavy atom. The molecule has 2 heteroatoms. The van der Waals surface area contributed by atoms with Crippen molar-refractivity contribution in [2.75, 3.05) is 0 Å². The Morgan fingerprint density at radius 1 is 0.714 bits per heavy atom. The van der Waals surface area contributed by atoms with Crippen LogP contribution in [0.25, 0.3) is 44.2 Å². The lowest BCUT2D eigenvalue weighted by Crippen LogP contribution is -2.30. The summed E-state index contributed by atoms with van der Waals surface area (Å²) in [5, 5.41) is 2.36. The molecule has 0 unspecified atom stereocenters. The van der Waals surface area contributed by atoms with Crippen molar-refractivity contribution in [2.24, 2.45) is 7.05 Å². The summed E-state index contributed by atoms with van der Waals surface area (Å²) in [6.07, 6.45) is 2.09. The van der Waals surface area contributed by atoms with Crippen molar-refractivity contribution in [3.8, 4) is 22.4 Å². The van der Waals surface area contributed by atoms with Crippen molar-refractivity contribution in [1.82, 2.24) is 4.98 Å². The molecule has 2 aromatic heterocycles. The lowest BCUT2D eigenvalue weighted by molar-refractivity contribution is -0.660. The second kappa shape index (κ2) is 6.58. The minimum absolute atomic E-state index is 1.03. The zero-order chi connectivity index (χ0) is 19.1. The standard InChI is InChI=1S/C26H21N2/c1-18-13-14-19(16-22(18)26-12-5-6-15-28(26)2)21-9-7-11-25-23(21)17-20-8-3-4-10-24(20)27-25/h3-17H,1-2H3/q+1. The van der Waals surface area contributed by atoms with Gasteiger partial charge in [-0.25, -0.2) is 9.55 Å². The molecule has 3 aromatic carbocycles. The van der Waals surface area contributed by atoms with E-state index in [1.165, 1.54) is 38.7 Å². The third-order valence-corrected chi connectivity index (χ3v) is 5.44. The largest absolute Gasteiger partial charge is 0.248 e. The van der Waals surface area contributed by atoms with Gasteiger partial charge in [-0.05, 0) is 53.9 Å². The van der Waals surface area contributed by atoms with E-state index in [1.807, 2.05) is 6.07 Å². The summed E-state index contributed by atoms with van der Waals surface area (Å²) in [4.78, 5) is 4.87. The molecule has 134 valence electrons. The molecule has 0 atom stereocenters. The lowest BCUT2D eigenvalue weighted by atomic mass is 9.94. The number of benzene rings is 3. The number of aromatic nitrogens is 2. The normalized spacial score (nSPS) is 11.2. The molecule has 0 saturated carbocycles. The number of pyridine rings is 2. The van der Waals surface area contributed by atoms with Crippen molar-refractivity contribution in [3.63, 3.8) is 0 Å². The highest BCUT2D eigenvalue weighted by Crippen LogP contribution is 2.33. The van der Waals surface area contributed by atoms with Crippen molar-refractivity contribution in [2.45, 2.75) is 6.92 Å². The minimum Gasteiger partial charge on any atom is -0.248 e. The second-order valence-corrected chi connectivity index (χ2v) is 7.28. The van der Waals surface area contributed by atoms with Crippen LogP contribution in [0.2, 0.25) is 0 Å². The third kappa shape index (κ3) is 2.74. The second-order valence-electron chi connectivity index (χ2n) is 7.28. The van der Waals surface area contributed by atoms with Crippen molar-refractivity contribution >= 4 is 21.8 Å². The maximum atomic E-state index is 4.87. The maximum Gasteiger partial charge on any atom is 0.212 e. The number of rotatable bonds is 2. The molecule has 0 spiro atoms. The van der Waals surface area contributed by atoms with Crippen LogP contribution in [0.5, 0.6) is 0 Å². The van der Waals surface area contributed by atoms with Crippen LogP contribution in [-0.2, 0) is 7.05 Å². The number of hydrogen-bond donors (Lipinski definition) is 0. The molecule has 0 amide bonds. The Balaban J connectivity index is 1.76. The average molecular weight is 361 g/mol. The topological polar surface area (TPSA) is 16.8 Å². The molecule has 28 heavy (non-hydrogen) atoms. The average Bonchev–Trinajstić information content (AvgIpc) is 2.73. The first-order chi connectivity index (χ1) is 13.7. The van der Waals surface area contributed by atoms with Gasteiger partial charge in [0.1, 0.15) is 7.05 Å². The Morgan fingerprint density at radius 2 is 1.54 bits per heavy atom. The summed E-state index contributed by atoms with van der Waals surface area (Å²) in [6.45, 7) is 2.17. The van der Waals surface area contributed by atoms with Gasteiger partial charge in [-0.1, -0.05) is 42.5 Å². The lowest BCUT2D eigenvalue weighted by Gasteiger charge is -2.11. The summed E-state index contributed by atoms with van der Waals surface area (Å²) < 4.78 is 2.17. The zero-order valence-corrected chi connectivity index (χ0v) is 16.1. The van der Waals surface area contributed by atoms with Crippen LogP contribution in [0.1, 0.15) is 5.56 Å². The molecule has 0 saturated heterocycles. The molecule has 2 nitrogen and oxygen atoms in total. The van der Waals surface area contributed by atoms with Crippen molar-refractivity contribution in [1.29, 1.82) is 0 Å². The van der Waals surface area contributed by atoms with Gasteiger partial charge in [0.2, 0.25) is 5.69 Å². The quantitative estimate of drug-likeness (QED) is 0.284. The van der Waals surface area contributed by atoms with Gasteiger partial charge < -0.3 is 0 Å². The van der Waals surface area contributed by atoms with Gasteiger partial charge in [-0.15, -0.1) is 0 Å². The molecule has 0 aliphatic rings. The molecule has 0 N–H and O–H groups in total. The Kier molecular flexibility index (Phi) is 3.91. The molecule has 2 heterocycles. The van der Waals surface area contributed by atoms with E-state index in [4.69, 9.17) is 4.98 Å². The Bertz CT molecular complexity index is 1340. The molecule has 0 aliphatic heterocycles. The van der Waals surface area contributed by atoms with E-state index in [0.717, 1.165) is 11.0 Å². The first kappa shape index (κ1) is 16.6. The van der Waals surface area contributed by atoms with Gasteiger partial charge in [-0.2, -0.15) is 0 Å². The predicted octanol–water partition coefficient (Wildman–Crippen LogP) is 5.85. The molecular weight excluding hydrogens is 340 g/mol. The Hall–Kier alpha value is -3.52. The van der Waals surface area contributed by atoms with Crippen LogP contribution in [0.4, 0.5) is 0 Å². The first-order valence-electron chi connectivity index (χ1n) is 9.55. The number of para-hydroxylation sites is 1. The first-order valence-corrected chi connectivity index (χ1v) is 9.55. The highest BCUT2D eigenvalue weighted by Gasteiger charge is 2.14. The SMILES string of the molecule is Cc1ccc(-c2cccc3nc4ccccc4cc23)cc1-c1cccc[n+]1C. The summed E-state index contributed by atoms with van der Waals surface area (Å²) >= 11 is 0. The van der Waals surface area contributed by atoms with E-state index < -0.39 is 0 Å². The molecule has 5 aromatic rings. The fourth-order valence-corrected chi connectivity index (χ4v) is 3.92. The summed E-state index contributed by atoms with van der Waals surface area (Å²) in [5.41, 5.74) is 8.24.